The molecule has 0 saturated heterocycles. The number of rotatable bonds is 3. The van der Waals surface area contributed by atoms with Crippen molar-refractivity contribution in [1.82, 2.24) is 4.90 Å². The van der Waals surface area contributed by atoms with Crippen LogP contribution in [-0.4, -0.2) is 41.8 Å². The number of fused-ring (bicyclic) bond motifs is 1. The van der Waals surface area contributed by atoms with Crippen molar-refractivity contribution in [3.8, 4) is 0 Å². The third kappa shape index (κ3) is 3.51. The van der Waals surface area contributed by atoms with Crippen LogP contribution in [0.5, 0.6) is 0 Å². The van der Waals surface area contributed by atoms with Crippen LogP contribution in [0.1, 0.15) is 20.7 Å². The minimum absolute atomic E-state index is 0. The summed E-state index contributed by atoms with van der Waals surface area (Å²) >= 11 is 0. The van der Waals surface area contributed by atoms with Gasteiger partial charge in [-0.05, 0) is 12.1 Å². The summed E-state index contributed by atoms with van der Waals surface area (Å²) in [6.07, 6.45) is 0. The third-order valence-corrected chi connectivity index (χ3v) is 2.59. The minimum atomic E-state index is -1.97. The van der Waals surface area contributed by atoms with Crippen LogP contribution in [-0.2, 0) is 14.3 Å². The average molecular weight is 395 g/mol. The second-order valence-corrected chi connectivity index (χ2v) is 3.73. The fourth-order valence-electron chi connectivity index (χ4n) is 1.73. The Morgan fingerprint density at radius 2 is 1.60 bits per heavy atom. The van der Waals surface area contributed by atoms with Gasteiger partial charge in [0.1, 0.15) is 6.61 Å². The van der Waals surface area contributed by atoms with Gasteiger partial charge in [0.15, 0.2) is 5.97 Å². The number of esters is 1. The van der Waals surface area contributed by atoms with Crippen LogP contribution in [0.2, 0.25) is 0 Å². The molecule has 0 fully saturated rings. The molecule has 20 heavy (non-hydrogen) atoms. The number of hydrogen-bond acceptors (Lipinski definition) is 6. The topological polar surface area (TPSA) is 104 Å². The Labute approximate surface area is 172 Å². The monoisotopic (exact) mass is 395 g/mol. The number of carboxylic acid groups (broad SMARTS) is 1. The molecule has 1 aliphatic rings. The van der Waals surface area contributed by atoms with E-state index in [0.717, 1.165) is 4.90 Å². The van der Waals surface area contributed by atoms with Crippen molar-refractivity contribution >= 4 is 23.8 Å². The first kappa shape index (κ1) is 17.4. The van der Waals surface area contributed by atoms with E-state index in [4.69, 9.17) is 0 Å². The van der Waals surface area contributed by atoms with Gasteiger partial charge in [-0.2, -0.15) is 0 Å². The van der Waals surface area contributed by atoms with Gasteiger partial charge in [-0.15, -0.1) is 0 Å². The largest absolute Gasteiger partial charge is 1.00 e. The molecule has 0 radical (unpaired) electrons. The normalized spacial score (nSPS) is 12.7. The van der Waals surface area contributed by atoms with Gasteiger partial charge in [0.25, 0.3) is 11.8 Å². The van der Waals surface area contributed by atoms with Gasteiger partial charge in [0, 0.05) is 0 Å². The molecule has 0 saturated carbocycles. The maximum atomic E-state index is 11.9. The Bertz CT molecular complexity index is 550. The fourth-order valence-corrected chi connectivity index (χ4v) is 1.73. The van der Waals surface area contributed by atoms with E-state index >= 15 is 0 Å². The summed E-state index contributed by atoms with van der Waals surface area (Å²) < 4.78 is 4.31. The molecular formula is C12H8CsNO6. The van der Waals surface area contributed by atoms with E-state index in [9.17, 15) is 24.3 Å². The van der Waals surface area contributed by atoms with Crippen LogP contribution in [0.25, 0.3) is 0 Å². The van der Waals surface area contributed by atoms with Gasteiger partial charge in [0.05, 0.1) is 17.7 Å². The Balaban J connectivity index is 0.00000200. The molecule has 0 unspecified atom stereocenters. The molecular weight excluding hydrogens is 387 g/mol. The molecule has 1 aromatic rings. The molecule has 0 bridgehead atoms. The second kappa shape index (κ2) is 7.39. The maximum Gasteiger partial charge on any atom is 1.00 e. The summed E-state index contributed by atoms with van der Waals surface area (Å²) in [6, 6.07) is 6.29. The number of amides is 2. The molecule has 0 N–H and O–H groups in total. The quantitative estimate of drug-likeness (QED) is 0.291. The predicted molar refractivity (Wildman–Crippen MR) is 57.8 cm³/mol. The first-order chi connectivity index (χ1) is 9.02. The summed E-state index contributed by atoms with van der Waals surface area (Å²) in [5, 5.41) is 10.1. The third-order valence-electron chi connectivity index (χ3n) is 2.59. The number of imide groups is 1. The van der Waals surface area contributed by atoms with Crippen LogP contribution in [0.15, 0.2) is 24.3 Å². The number of aliphatic carboxylic acids is 1. The van der Waals surface area contributed by atoms with Crippen LogP contribution in [0.3, 0.4) is 0 Å². The van der Waals surface area contributed by atoms with E-state index in [0.29, 0.717) is 0 Å². The fraction of sp³-hybridized carbons (Fsp3) is 0.167. The molecule has 0 spiro atoms. The Hall–Kier alpha value is -0.648. The molecule has 2 amide bonds. The molecule has 1 aromatic carbocycles. The number of nitrogens with zero attached hydrogens (tertiary/aromatic N) is 1. The summed E-state index contributed by atoms with van der Waals surface area (Å²) in [4.78, 5) is 45.3. The smallest absolute Gasteiger partial charge is 0.539 e. The first-order valence-corrected chi connectivity index (χ1v) is 5.35. The minimum Gasteiger partial charge on any atom is -0.539 e. The Morgan fingerprint density at radius 3 is 2.05 bits per heavy atom. The van der Waals surface area contributed by atoms with Crippen LogP contribution in [0, 0.1) is 0 Å². The van der Waals surface area contributed by atoms with Gasteiger partial charge in [-0.25, -0.2) is 4.79 Å². The van der Waals surface area contributed by atoms with E-state index < -0.39 is 30.4 Å². The van der Waals surface area contributed by atoms with E-state index in [1.165, 1.54) is 12.1 Å². The van der Waals surface area contributed by atoms with Gasteiger partial charge in [-0.3, -0.25) is 14.5 Å². The summed E-state index contributed by atoms with van der Waals surface area (Å²) in [5.74, 6) is -4.49. The number of ether oxygens (including phenoxy) is 1. The molecule has 0 aliphatic carbocycles. The van der Waals surface area contributed by atoms with Crippen molar-refractivity contribution < 1.29 is 97.9 Å². The standard InChI is InChI=1S/C12H9NO6.Cs/c14-9-7-3-1-2-4-8(7)10(15)13(9)5-6-19-12(18)11(16)17;/h1-4H,5-6H2,(H,16,17);/q;+1/p-1. The van der Waals surface area contributed by atoms with Gasteiger partial charge >= 0.3 is 74.9 Å². The summed E-state index contributed by atoms with van der Waals surface area (Å²) in [5.41, 5.74) is 0.553. The van der Waals surface area contributed by atoms with Crippen LogP contribution >= 0.6 is 0 Å². The van der Waals surface area contributed by atoms with Gasteiger partial charge in [-0.1, -0.05) is 12.1 Å². The number of carboxylic acids is 1. The molecule has 0 aromatic heterocycles. The zero-order chi connectivity index (χ0) is 14.0. The zero-order valence-corrected chi connectivity index (χ0v) is 16.9. The zero-order valence-electron chi connectivity index (χ0n) is 10.6. The van der Waals surface area contributed by atoms with Crippen molar-refractivity contribution in [2.75, 3.05) is 13.2 Å². The van der Waals surface area contributed by atoms with E-state index in [1.807, 2.05) is 0 Å². The molecule has 7 nitrogen and oxygen atoms in total. The molecule has 1 heterocycles. The van der Waals surface area contributed by atoms with Crippen molar-refractivity contribution in [1.29, 1.82) is 0 Å². The molecule has 98 valence electrons. The predicted octanol–water partition coefficient (Wildman–Crippen LogP) is -4.42. The van der Waals surface area contributed by atoms with Crippen molar-refractivity contribution in [3.05, 3.63) is 35.4 Å². The maximum absolute atomic E-state index is 11.9. The molecule has 0 atom stereocenters. The van der Waals surface area contributed by atoms with Crippen molar-refractivity contribution in [2.24, 2.45) is 0 Å². The van der Waals surface area contributed by atoms with E-state index in [-0.39, 0.29) is 86.6 Å². The number of carbonyl (C=O) groups is 4. The number of hydrogen-bond donors (Lipinski definition) is 0. The Morgan fingerprint density at radius 1 is 1.10 bits per heavy atom. The Kier molecular flexibility index (Phi) is 6.43. The van der Waals surface area contributed by atoms with E-state index in [2.05, 4.69) is 4.74 Å². The first-order valence-electron chi connectivity index (χ1n) is 5.35. The van der Waals surface area contributed by atoms with Crippen molar-refractivity contribution in [2.45, 2.75) is 0 Å². The van der Waals surface area contributed by atoms with Crippen molar-refractivity contribution in [3.63, 3.8) is 0 Å². The summed E-state index contributed by atoms with van der Waals surface area (Å²) in [6.45, 7) is -0.594. The molecule has 8 heteroatoms. The summed E-state index contributed by atoms with van der Waals surface area (Å²) in [7, 11) is 0. The van der Waals surface area contributed by atoms with E-state index in [1.54, 1.807) is 12.1 Å². The average Bonchev–Trinajstić information content (AvgIpc) is 2.64. The number of benzene rings is 1. The molecule has 2 rings (SSSR count). The molecule has 1 aliphatic heterocycles. The van der Waals surface area contributed by atoms with Gasteiger partial charge < -0.3 is 14.6 Å². The van der Waals surface area contributed by atoms with Crippen LogP contribution < -0.4 is 74.0 Å². The number of carbonyl (C=O) groups excluding carboxylic acids is 4. The second-order valence-electron chi connectivity index (χ2n) is 3.73. The van der Waals surface area contributed by atoms with Gasteiger partial charge in [0.2, 0.25) is 0 Å². The SMILES string of the molecule is O=C([O-])C(=O)OCCN1C(=O)c2ccccc2C1=O.[Cs+]. The van der Waals surface area contributed by atoms with Crippen LogP contribution in [0.4, 0.5) is 0 Å².